The Balaban J connectivity index is 2.42. The Labute approximate surface area is 201 Å². The van der Waals surface area contributed by atoms with Crippen LogP contribution in [0.4, 0.5) is 4.79 Å². The van der Waals surface area contributed by atoms with E-state index in [2.05, 4.69) is 10.6 Å². The summed E-state index contributed by atoms with van der Waals surface area (Å²) in [7, 11) is 0. The van der Waals surface area contributed by atoms with Crippen molar-refractivity contribution < 1.29 is 28.8 Å². The van der Waals surface area contributed by atoms with Gasteiger partial charge >= 0.3 is 6.03 Å². The highest BCUT2D eigenvalue weighted by Gasteiger charge is 2.32. The first-order chi connectivity index (χ1) is 15.8. The Morgan fingerprint density at radius 2 is 1.62 bits per heavy atom. The molecule has 0 aromatic heterocycles. The van der Waals surface area contributed by atoms with Gasteiger partial charge in [-0.1, -0.05) is 27.2 Å². The quantitative estimate of drug-likeness (QED) is 0.240. The number of amides is 5. The molecule has 0 aromatic rings. The van der Waals surface area contributed by atoms with Crippen LogP contribution in [0.25, 0.3) is 0 Å². The fraction of sp³-hybridized carbons (Fsp3) is 0.667. The first-order valence-corrected chi connectivity index (χ1v) is 11.8. The molecule has 0 aromatic carbocycles. The summed E-state index contributed by atoms with van der Waals surface area (Å²) in [5.74, 6) is -1.67. The van der Waals surface area contributed by atoms with Crippen LogP contribution < -0.4 is 16.4 Å². The largest absolute Gasteiger partial charge is 0.352 e. The number of imide groups is 1. The van der Waals surface area contributed by atoms with Gasteiger partial charge in [0.15, 0.2) is 5.78 Å². The van der Waals surface area contributed by atoms with Crippen LogP contribution in [-0.4, -0.2) is 59.4 Å². The molecule has 0 aliphatic carbocycles. The van der Waals surface area contributed by atoms with Crippen molar-refractivity contribution in [1.29, 1.82) is 0 Å². The highest BCUT2D eigenvalue weighted by molar-refractivity contribution is 6.12. The lowest BCUT2D eigenvalue weighted by Crippen LogP contribution is -2.40. The summed E-state index contributed by atoms with van der Waals surface area (Å²) in [5, 5.41) is 5.16. The summed E-state index contributed by atoms with van der Waals surface area (Å²) in [5.41, 5.74) is 4.44. The zero-order chi connectivity index (χ0) is 25.9. The third-order valence-corrected chi connectivity index (χ3v) is 5.63. The zero-order valence-corrected chi connectivity index (χ0v) is 20.6. The molecule has 34 heavy (non-hydrogen) atoms. The Morgan fingerprint density at radius 1 is 1.00 bits per heavy atom. The molecule has 0 saturated heterocycles. The summed E-state index contributed by atoms with van der Waals surface area (Å²) in [6.07, 6.45) is 5.48. The van der Waals surface area contributed by atoms with Crippen molar-refractivity contribution >= 4 is 35.3 Å². The van der Waals surface area contributed by atoms with E-state index in [1.807, 2.05) is 0 Å². The van der Waals surface area contributed by atoms with E-state index < -0.39 is 23.4 Å². The molecule has 10 heteroatoms. The maximum absolute atomic E-state index is 12.8. The van der Waals surface area contributed by atoms with Crippen LogP contribution >= 0.6 is 0 Å². The molecule has 1 heterocycles. The first-order valence-electron chi connectivity index (χ1n) is 11.8. The van der Waals surface area contributed by atoms with Crippen molar-refractivity contribution in [3.63, 3.8) is 0 Å². The maximum atomic E-state index is 12.8. The smallest absolute Gasteiger partial charge is 0.312 e. The average molecular weight is 479 g/mol. The lowest BCUT2D eigenvalue weighted by molar-refractivity contribution is -0.137. The monoisotopic (exact) mass is 478 g/mol. The van der Waals surface area contributed by atoms with E-state index in [4.69, 9.17) is 5.73 Å². The summed E-state index contributed by atoms with van der Waals surface area (Å²) in [6, 6.07) is -1.36. The van der Waals surface area contributed by atoms with Gasteiger partial charge in [-0.15, -0.1) is 0 Å². The highest BCUT2D eigenvalue weighted by Crippen LogP contribution is 2.26. The number of carbonyl (C=O) groups excluding carboxylic acids is 6. The molecule has 1 aliphatic rings. The molecule has 190 valence electrons. The predicted octanol–water partition coefficient (Wildman–Crippen LogP) is 1.62. The lowest BCUT2D eigenvalue weighted by Gasteiger charge is -2.25. The molecule has 0 spiro atoms. The van der Waals surface area contributed by atoms with Crippen LogP contribution in [-0.2, 0) is 24.0 Å². The number of ketones is 2. The van der Waals surface area contributed by atoms with Crippen LogP contribution in [0, 0.1) is 11.3 Å². The van der Waals surface area contributed by atoms with Gasteiger partial charge in [0.05, 0.1) is 6.04 Å². The minimum absolute atomic E-state index is 0.0139. The highest BCUT2D eigenvalue weighted by atomic mass is 16.2. The molecule has 2 atom stereocenters. The number of nitrogens with two attached hydrogens (primary N) is 1. The van der Waals surface area contributed by atoms with Gasteiger partial charge in [-0.2, -0.15) is 0 Å². The summed E-state index contributed by atoms with van der Waals surface area (Å²) < 4.78 is 0. The van der Waals surface area contributed by atoms with Gasteiger partial charge in [-0.3, -0.25) is 28.9 Å². The number of rotatable bonds is 15. The number of nitrogens with one attached hydrogen (secondary N) is 2. The summed E-state index contributed by atoms with van der Waals surface area (Å²) in [4.78, 5) is 72.7. The van der Waals surface area contributed by atoms with E-state index in [1.54, 1.807) is 27.7 Å². The standard InChI is InChI=1S/C24H38N4O6/c1-16(27-19(30)10-6-5-7-14-28-20(31)11-12-21(28)32)18(29)15-17(22(33)24(2,3)4)9-8-13-26-23(25)34/h11-12,16-17H,5-10,13-15H2,1-4H3,(H,27,30)(H3,25,26,34)/t16-,17+/m0/s1. The molecule has 0 bridgehead atoms. The van der Waals surface area contributed by atoms with Crippen molar-refractivity contribution in [2.75, 3.05) is 13.1 Å². The minimum Gasteiger partial charge on any atom is -0.352 e. The molecular formula is C24H38N4O6. The Kier molecular flexibility index (Phi) is 11.6. The van der Waals surface area contributed by atoms with E-state index in [1.165, 1.54) is 17.1 Å². The normalized spacial score (nSPS) is 15.2. The zero-order valence-electron chi connectivity index (χ0n) is 20.6. The molecule has 1 rings (SSSR count). The number of hydrogen-bond acceptors (Lipinski definition) is 6. The summed E-state index contributed by atoms with van der Waals surface area (Å²) in [6.45, 7) is 7.63. The molecule has 1 aliphatic heterocycles. The number of Topliss-reactive ketones (excluding diaryl/α,β-unsaturated/α-hetero) is 2. The Hall–Kier alpha value is -3.04. The third-order valence-electron chi connectivity index (χ3n) is 5.63. The van der Waals surface area contributed by atoms with Crippen LogP contribution in [0.3, 0.4) is 0 Å². The number of primary amides is 1. The Bertz CT molecular complexity index is 797. The lowest BCUT2D eigenvalue weighted by atomic mass is 9.78. The first kappa shape index (κ1) is 29.0. The number of unbranched alkanes of at least 4 members (excludes halogenated alkanes) is 2. The van der Waals surface area contributed by atoms with E-state index in [-0.39, 0.29) is 42.1 Å². The predicted molar refractivity (Wildman–Crippen MR) is 126 cm³/mol. The van der Waals surface area contributed by atoms with Gasteiger partial charge in [0.25, 0.3) is 11.8 Å². The Morgan fingerprint density at radius 3 is 2.18 bits per heavy atom. The fourth-order valence-corrected chi connectivity index (χ4v) is 3.70. The van der Waals surface area contributed by atoms with Gasteiger partial charge in [-0.05, 0) is 32.6 Å². The van der Waals surface area contributed by atoms with Crippen molar-refractivity contribution in [2.24, 2.45) is 17.1 Å². The van der Waals surface area contributed by atoms with Gasteiger partial charge in [0.2, 0.25) is 5.91 Å². The van der Waals surface area contributed by atoms with Gasteiger partial charge in [0.1, 0.15) is 5.78 Å². The van der Waals surface area contributed by atoms with Crippen molar-refractivity contribution in [2.45, 2.75) is 78.7 Å². The minimum atomic E-state index is -0.725. The number of hydrogen-bond donors (Lipinski definition) is 3. The van der Waals surface area contributed by atoms with Crippen LogP contribution in [0.1, 0.15) is 72.6 Å². The van der Waals surface area contributed by atoms with Crippen LogP contribution in [0.15, 0.2) is 12.2 Å². The van der Waals surface area contributed by atoms with Crippen molar-refractivity contribution in [1.82, 2.24) is 15.5 Å². The van der Waals surface area contributed by atoms with Gasteiger partial charge in [-0.25, -0.2) is 4.79 Å². The molecule has 0 fully saturated rings. The molecule has 4 N–H and O–H groups in total. The molecular weight excluding hydrogens is 440 g/mol. The average Bonchev–Trinajstić information content (AvgIpc) is 3.06. The number of urea groups is 1. The molecule has 0 saturated carbocycles. The van der Waals surface area contributed by atoms with E-state index in [9.17, 15) is 28.8 Å². The van der Waals surface area contributed by atoms with Crippen LogP contribution in [0.2, 0.25) is 0 Å². The van der Waals surface area contributed by atoms with Gasteiger partial charge < -0.3 is 16.4 Å². The van der Waals surface area contributed by atoms with Crippen molar-refractivity contribution in [3.05, 3.63) is 12.2 Å². The van der Waals surface area contributed by atoms with E-state index >= 15 is 0 Å². The molecule has 10 nitrogen and oxygen atoms in total. The maximum Gasteiger partial charge on any atom is 0.312 e. The second kappa shape index (κ2) is 13.6. The SMILES string of the molecule is C[C@H](NC(=O)CCCCCN1C(=O)C=CC1=O)C(=O)C[C@@H](CCCNC(N)=O)C(=O)C(C)(C)C. The fourth-order valence-electron chi connectivity index (χ4n) is 3.70. The van der Waals surface area contributed by atoms with Crippen LogP contribution in [0.5, 0.6) is 0 Å². The number of nitrogens with zero attached hydrogens (tertiary/aromatic N) is 1. The molecule has 5 amide bonds. The molecule has 0 unspecified atom stereocenters. The van der Waals surface area contributed by atoms with Crippen molar-refractivity contribution in [3.8, 4) is 0 Å². The third kappa shape index (κ3) is 10.3. The second-order valence-electron chi connectivity index (χ2n) is 9.68. The van der Waals surface area contributed by atoms with E-state index in [0.717, 1.165) is 0 Å². The topological polar surface area (TPSA) is 156 Å². The van der Waals surface area contributed by atoms with E-state index in [0.29, 0.717) is 45.2 Å². The summed E-state index contributed by atoms with van der Waals surface area (Å²) >= 11 is 0. The number of carbonyl (C=O) groups is 6. The van der Waals surface area contributed by atoms with Gasteiger partial charge in [0, 0.05) is 49.4 Å². The second-order valence-corrected chi connectivity index (χ2v) is 9.68. The molecule has 0 radical (unpaired) electrons.